The van der Waals surface area contributed by atoms with Crippen LogP contribution < -0.4 is 5.32 Å². The topological polar surface area (TPSA) is 56.2 Å². The fraction of sp³-hybridized carbons (Fsp3) is 0.545. The van der Waals surface area contributed by atoms with Gasteiger partial charge in [0.25, 0.3) is 5.92 Å². The highest BCUT2D eigenvalue weighted by Gasteiger charge is 2.34. The molecule has 0 bridgehead atoms. The van der Waals surface area contributed by atoms with Gasteiger partial charge in [0.2, 0.25) is 0 Å². The number of amides is 1. The molecule has 2 aromatic rings. The van der Waals surface area contributed by atoms with Gasteiger partial charge in [-0.25, -0.2) is 4.79 Å². The maximum atomic E-state index is 14.3. The first-order valence-corrected chi connectivity index (χ1v) is 9.77. The summed E-state index contributed by atoms with van der Waals surface area (Å²) in [6.45, 7) is 12.5. The van der Waals surface area contributed by atoms with Crippen LogP contribution in [0.5, 0.6) is 0 Å². The molecule has 1 amide bonds. The number of rotatable bonds is 6. The number of aryl methyl sites for hydroxylation is 1. The number of ether oxygens (including phenoxy) is 1. The minimum absolute atomic E-state index is 0.204. The second-order valence-corrected chi connectivity index (χ2v) is 9.01. The third-order valence-corrected chi connectivity index (χ3v) is 4.33. The minimum atomic E-state index is -3.02. The Balaban J connectivity index is 2.37. The fourth-order valence-electron chi connectivity index (χ4n) is 2.85. The van der Waals surface area contributed by atoms with Crippen molar-refractivity contribution < 1.29 is 18.3 Å². The van der Waals surface area contributed by atoms with E-state index in [9.17, 15) is 13.6 Å². The Labute approximate surface area is 171 Å². The highest BCUT2D eigenvalue weighted by atomic mass is 19.3. The summed E-state index contributed by atoms with van der Waals surface area (Å²) >= 11 is 0. The van der Waals surface area contributed by atoms with Crippen molar-refractivity contribution in [2.45, 2.75) is 78.5 Å². The van der Waals surface area contributed by atoms with E-state index >= 15 is 0 Å². The van der Waals surface area contributed by atoms with E-state index in [2.05, 4.69) is 10.4 Å². The Kier molecular flexibility index (Phi) is 6.40. The molecule has 7 heteroatoms. The van der Waals surface area contributed by atoms with Gasteiger partial charge in [0, 0.05) is 6.42 Å². The molecular formula is C22H31F2N3O2. The van der Waals surface area contributed by atoms with Gasteiger partial charge < -0.3 is 10.1 Å². The molecule has 1 aromatic carbocycles. The number of nitrogens with one attached hydrogen (secondary N) is 1. The molecular weight excluding hydrogens is 376 g/mol. The van der Waals surface area contributed by atoms with Crippen LogP contribution in [0.15, 0.2) is 30.3 Å². The van der Waals surface area contributed by atoms with Crippen molar-refractivity contribution in [2.24, 2.45) is 0 Å². The molecule has 0 spiro atoms. The standard InChI is InChI=1S/C22H31F2N3O2/c1-8-22(23,24)18-13-17(16-11-9-15(2)10-12-16)27(26-18)14-21(6,7)25-19(28)29-20(3,4)5/h9-13H,8,14H2,1-7H3,(H,25,28). The summed E-state index contributed by atoms with van der Waals surface area (Å²) in [5.74, 6) is -3.02. The number of nitrogens with zero attached hydrogens (tertiary/aromatic N) is 2. The Bertz CT molecular complexity index is 850. The van der Waals surface area contributed by atoms with E-state index in [1.54, 1.807) is 34.6 Å². The molecule has 5 nitrogen and oxygen atoms in total. The summed E-state index contributed by atoms with van der Waals surface area (Å²) < 4.78 is 35.5. The molecule has 0 radical (unpaired) electrons. The van der Waals surface area contributed by atoms with Crippen molar-refractivity contribution in [3.63, 3.8) is 0 Å². The third-order valence-electron chi connectivity index (χ3n) is 4.33. The van der Waals surface area contributed by atoms with Gasteiger partial charge in [-0.15, -0.1) is 0 Å². The molecule has 1 N–H and O–H groups in total. The van der Waals surface area contributed by atoms with Gasteiger partial charge in [0.05, 0.1) is 17.8 Å². The Morgan fingerprint density at radius 2 is 1.72 bits per heavy atom. The van der Waals surface area contributed by atoms with Crippen molar-refractivity contribution in [3.05, 3.63) is 41.6 Å². The normalized spacial score (nSPS) is 12.7. The molecule has 0 saturated heterocycles. The second-order valence-electron chi connectivity index (χ2n) is 9.01. The molecule has 0 unspecified atom stereocenters. The predicted octanol–water partition coefficient (Wildman–Crippen LogP) is 5.66. The molecule has 2 rings (SSSR count). The van der Waals surface area contributed by atoms with E-state index < -0.39 is 23.2 Å². The number of aromatic nitrogens is 2. The lowest BCUT2D eigenvalue weighted by Gasteiger charge is -2.29. The first-order chi connectivity index (χ1) is 13.2. The van der Waals surface area contributed by atoms with Gasteiger partial charge in [-0.3, -0.25) is 4.68 Å². The number of alkyl carbamates (subject to hydrolysis) is 1. The summed E-state index contributed by atoms with van der Waals surface area (Å²) in [5.41, 5.74) is 0.762. The molecule has 0 saturated carbocycles. The lowest BCUT2D eigenvalue weighted by atomic mass is 10.0. The fourth-order valence-corrected chi connectivity index (χ4v) is 2.85. The molecule has 0 fully saturated rings. The monoisotopic (exact) mass is 407 g/mol. The van der Waals surface area contributed by atoms with Crippen LogP contribution in [0.4, 0.5) is 13.6 Å². The molecule has 0 aliphatic heterocycles. The number of benzene rings is 1. The molecule has 0 aliphatic carbocycles. The van der Waals surface area contributed by atoms with Crippen molar-refractivity contribution >= 4 is 6.09 Å². The first-order valence-electron chi connectivity index (χ1n) is 9.77. The number of carbonyl (C=O) groups excluding carboxylic acids is 1. The van der Waals surface area contributed by atoms with Gasteiger partial charge in [0.1, 0.15) is 11.3 Å². The number of hydrogen-bond donors (Lipinski definition) is 1. The van der Waals surface area contributed by atoms with E-state index in [0.29, 0.717) is 5.69 Å². The molecule has 160 valence electrons. The van der Waals surface area contributed by atoms with Gasteiger partial charge in [0.15, 0.2) is 0 Å². The van der Waals surface area contributed by atoms with Gasteiger partial charge in [-0.05, 0) is 53.2 Å². The maximum Gasteiger partial charge on any atom is 0.408 e. The number of hydrogen-bond acceptors (Lipinski definition) is 3. The number of carbonyl (C=O) groups is 1. The predicted molar refractivity (Wildman–Crippen MR) is 110 cm³/mol. The van der Waals surface area contributed by atoms with E-state index in [-0.39, 0.29) is 18.7 Å². The zero-order valence-corrected chi connectivity index (χ0v) is 18.3. The van der Waals surface area contributed by atoms with E-state index in [1.165, 1.54) is 17.7 Å². The van der Waals surface area contributed by atoms with Crippen LogP contribution in [-0.4, -0.2) is 27.0 Å². The second kappa shape index (κ2) is 8.13. The molecule has 1 heterocycles. The van der Waals surface area contributed by atoms with Crippen molar-refractivity contribution in [1.29, 1.82) is 0 Å². The Hall–Kier alpha value is -2.44. The molecule has 0 atom stereocenters. The molecule has 1 aromatic heterocycles. The van der Waals surface area contributed by atoms with E-state index in [4.69, 9.17) is 4.74 Å². The lowest BCUT2D eigenvalue weighted by molar-refractivity contribution is -0.0136. The van der Waals surface area contributed by atoms with Crippen LogP contribution >= 0.6 is 0 Å². The zero-order chi connectivity index (χ0) is 22.0. The Morgan fingerprint density at radius 3 is 2.24 bits per heavy atom. The zero-order valence-electron chi connectivity index (χ0n) is 18.3. The molecule has 29 heavy (non-hydrogen) atoms. The maximum absolute atomic E-state index is 14.3. The van der Waals surface area contributed by atoms with Gasteiger partial charge in [-0.2, -0.15) is 13.9 Å². The summed E-state index contributed by atoms with van der Waals surface area (Å²) in [7, 11) is 0. The minimum Gasteiger partial charge on any atom is -0.444 e. The van der Waals surface area contributed by atoms with Gasteiger partial charge >= 0.3 is 6.09 Å². The third kappa shape index (κ3) is 6.27. The summed E-state index contributed by atoms with van der Waals surface area (Å²) in [4.78, 5) is 12.2. The Morgan fingerprint density at radius 1 is 1.14 bits per heavy atom. The van der Waals surface area contributed by atoms with Crippen molar-refractivity contribution in [3.8, 4) is 11.3 Å². The van der Waals surface area contributed by atoms with Gasteiger partial charge in [-0.1, -0.05) is 36.8 Å². The first kappa shape index (κ1) is 22.8. The van der Waals surface area contributed by atoms with Crippen molar-refractivity contribution in [1.82, 2.24) is 15.1 Å². The number of alkyl halides is 2. The van der Waals surface area contributed by atoms with Crippen LogP contribution in [0.1, 0.15) is 59.2 Å². The average molecular weight is 408 g/mol. The summed E-state index contributed by atoms with van der Waals surface area (Å²) in [6.07, 6.45) is -0.901. The summed E-state index contributed by atoms with van der Waals surface area (Å²) in [6, 6.07) is 9.04. The smallest absolute Gasteiger partial charge is 0.408 e. The molecule has 0 aliphatic rings. The SMILES string of the molecule is CCC(F)(F)c1cc(-c2ccc(C)cc2)n(CC(C)(C)NC(=O)OC(C)(C)C)n1. The van der Waals surface area contributed by atoms with Crippen LogP contribution in [0.25, 0.3) is 11.3 Å². The van der Waals surface area contributed by atoms with E-state index in [0.717, 1.165) is 11.1 Å². The van der Waals surface area contributed by atoms with Crippen molar-refractivity contribution in [2.75, 3.05) is 0 Å². The van der Waals surface area contributed by atoms with Crippen LogP contribution in [0.3, 0.4) is 0 Å². The largest absolute Gasteiger partial charge is 0.444 e. The summed E-state index contributed by atoms with van der Waals surface area (Å²) in [5, 5.41) is 6.99. The average Bonchev–Trinajstić information content (AvgIpc) is 2.96. The number of halogens is 2. The van der Waals surface area contributed by atoms with Crippen LogP contribution in [0.2, 0.25) is 0 Å². The lowest BCUT2D eigenvalue weighted by Crippen LogP contribution is -2.48. The highest BCUT2D eigenvalue weighted by Crippen LogP contribution is 2.34. The van der Waals surface area contributed by atoms with Crippen LogP contribution in [-0.2, 0) is 17.2 Å². The van der Waals surface area contributed by atoms with Crippen LogP contribution in [0, 0.1) is 6.92 Å². The van der Waals surface area contributed by atoms with E-state index in [1.807, 2.05) is 31.2 Å². The highest BCUT2D eigenvalue weighted by molar-refractivity contribution is 5.68. The quantitative estimate of drug-likeness (QED) is 0.672.